The molecule has 0 aliphatic heterocycles. The van der Waals surface area contributed by atoms with Gasteiger partial charge in [-0.15, -0.1) is 6.58 Å². The second-order valence-corrected chi connectivity index (χ2v) is 7.50. The molecule has 13 heteroatoms. The van der Waals surface area contributed by atoms with Crippen LogP contribution in [0.15, 0.2) is 47.9 Å². The monoisotopic (exact) mass is 481 g/mol. The van der Waals surface area contributed by atoms with E-state index in [-0.39, 0.29) is 42.1 Å². The molecule has 1 atom stereocenters. The highest BCUT2D eigenvalue weighted by Gasteiger charge is 2.22. The number of amides is 1. The number of nitrogens with zero attached hydrogens (tertiary/aromatic N) is 4. The van der Waals surface area contributed by atoms with Crippen molar-refractivity contribution in [1.82, 2.24) is 25.3 Å². The molecule has 0 bridgehead atoms. The fourth-order valence-corrected chi connectivity index (χ4v) is 3.25. The fraction of sp³-hybridized carbons (Fsp3) is 0.227. The van der Waals surface area contributed by atoms with Crippen molar-refractivity contribution in [2.24, 2.45) is 0 Å². The minimum atomic E-state index is -1.32. The van der Waals surface area contributed by atoms with Crippen LogP contribution in [0.25, 0.3) is 11.2 Å². The largest absolute Gasteiger partial charge is 0.481 e. The molecule has 1 amide bonds. The number of nitrogen functional groups attached to an aromatic ring is 1. The van der Waals surface area contributed by atoms with Crippen LogP contribution in [-0.2, 0) is 16.1 Å². The number of aromatic nitrogens is 4. The van der Waals surface area contributed by atoms with Crippen LogP contribution in [0.4, 0.5) is 11.6 Å². The van der Waals surface area contributed by atoms with Crippen LogP contribution < -0.4 is 21.5 Å². The highest BCUT2D eigenvalue weighted by molar-refractivity contribution is 5.97. The van der Waals surface area contributed by atoms with Crippen LogP contribution in [0.2, 0.25) is 0 Å². The van der Waals surface area contributed by atoms with Crippen molar-refractivity contribution < 1.29 is 24.6 Å². The number of nitrogens with two attached hydrogens (primary N) is 1. The molecule has 13 nitrogen and oxygen atoms in total. The van der Waals surface area contributed by atoms with E-state index in [0.717, 1.165) is 0 Å². The fourth-order valence-electron chi connectivity index (χ4n) is 3.25. The Kier molecular flexibility index (Phi) is 7.71. The average Bonchev–Trinajstić information content (AvgIpc) is 2.81. The van der Waals surface area contributed by atoms with Gasteiger partial charge < -0.3 is 26.2 Å². The number of carboxylic acid groups (broad SMARTS) is 2. The maximum Gasteiger partial charge on any atom is 0.326 e. The summed E-state index contributed by atoms with van der Waals surface area (Å²) in [6, 6.07) is 5.03. The first-order valence-electron chi connectivity index (χ1n) is 10.4. The van der Waals surface area contributed by atoms with Crippen LogP contribution in [0.1, 0.15) is 28.9 Å². The van der Waals surface area contributed by atoms with Gasteiger partial charge in [-0.1, -0.05) is 6.08 Å². The highest BCUT2D eigenvalue weighted by atomic mass is 16.4. The number of H-pyrrole nitrogens is 1. The lowest BCUT2D eigenvalue weighted by Crippen LogP contribution is -2.41. The first-order chi connectivity index (χ1) is 16.7. The number of carbonyl (C=O) groups excluding carboxylic acids is 1. The van der Waals surface area contributed by atoms with Gasteiger partial charge in [0.2, 0.25) is 5.95 Å². The Labute approximate surface area is 198 Å². The van der Waals surface area contributed by atoms with Crippen molar-refractivity contribution in [1.29, 1.82) is 0 Å². The number of fused-ring (bicyclic) bond motifs is 1. The number of hydrogen-bond acceptors (Lipinski definition) is 9. The maximum atomic E-state index is 12.5. The zero-order valence-electron chi connectivity index (χ0n) is 18.5. The summed E-state index contributed by atoms with van der Waals surface area (Å²) in [5, 5.41) is 20.3. The minimum absolute atomic E-state index is 0.0538. The Balaban J connectivity index is 1.76. The van der Waals surface area contributed by atoms with Gasteiger partial charge in [0.1, 0.15) is 6.04 Å². The molecule has 2 heterocycles. The molecular formula is C22H23N7O6. The lowest BCUT2D eigenvalue weighted by molar-refractivity contribution is -0.140. The van der Waals surface area contributed by atoms with E-state index in [4.69, 9.17) is 10.8 Å². The van der Waals surface area contributed by atoms with Gasteiger partial charge in [-0.2, -0.15) is 4.98 Å². The molecule has 0 saturated carbocycles. The molecule has 0 unspecified atom stereocenters. The number of aromatic amines is 1. The molecular weight excluding hydrogens is 458 g/mol. The summed E-state index contributed by atoms with van der Waals surface area (Å²) in [5.74, 6) is -3.17. The summed E-state index contributed by atoms with van der Waals surface area (Å²) in [6.45, 7) is 4.43. The van der Waals surface area contributed by atoms with Crippen molar-refractivity contribution in [3.05, 3.63) is 64.7 Å². The van der Waals surface area contributed by atoms with Crippen LogP contribution >= 0.6 is 0 Å². The first-order valence-corrected chi connectivity index (χ1v) is 10.4. The van der Waals surface area contributed by atoms with Crippen molar-refractivity contribution in [3.63, 3.8) is 0 Å². The zero-order valence-corrected chi connectivity index (χ0v) is 18.5. The topological polar surface area (TPSA) is 204 Å². The Morgan fingerprint density at radius 1 is 1.20 bits per heavy atom. The van der Waals surface area contributed by atoms with E-state index in [1.54, 1.807) is 18.2 Å². The number of anilines is 2. The number of aliphatic carboxylic acids is 2. The van der Waals surface area contributed by atoms with Crippen molar-refractivity contribution in [3.8, 4) is 0 Å². The lowest BCUT2D eigenvalue weighted by atomic mass is 10.1. The Morgan fingerprint density at radius 2 is 1.91 bits per heavy atom. The molecule has 6 N–H and O–H groups in total. The Bertz CT molecular complexity index is 1320. The first kappa shape index (κ1) is 24.8. The predicted molar refractivity (Wildman–Crippen MR) is 126 cm³/mol. The molecule has 3 rings (SSSR count). The van der Waals surface area contributed by atoms with E-state index in [2.05, 4.69) is 31.8 Å². The van der Waals surface area contributed by atoms with E-state index >= 15 is 0 Å². The van der Waals surface area contributed by atoms with Crippen molar-refractivity contribution in [2.75, 3.05) is 17.2 Å². The van der Waals surface area contributed by atoms with Gasteiger partial charge >= 0.3 is 11.9 Å². The predicted octanol–water partition coefficient (Wildman–Crippen LogP) is 0.536. The third kappa shape index (κ3) is 6.37. The normalized spacial score (nSPS) is 11.5. The third-order valence-electron chi connectivity index (χ3n) is 4.93. The van der Waals surface area contributed by atoms with Gasteiger partial charge in [0.05, 0.1) is 18.4 Å². The molecule has 35 heavy (non-hydrogen) atoms. The van der Waals surface area contributed by atoms with E-state index in [1.165, 1.54) is 18.3 Å². The summed E-state index contributed by atoms with van der Waals surface area (Å²) in [4.78, 5) is 63.3. The van der Waals surface area contributed by atoms with Gasteiger partial charge in [-0.05, 0) is 30.7 Å². The smallest absolute Gasteiger partial charge is 0.326 e. The number of hydrogen-bond donors (Lipinski definition) is 5. The quantitative estimate of drug-likeness (QED) is 0.239. The zero-order chi connectivity index (χ0) is 25.5. The number of carbonyl (C=O) groups is 3. The van der Waals surface area contributed by atoms with Gasteiger partial charge in [-0.3, -0.25) is 19.4 Å². The SMILES string of the molecule is C=CCN(Cc1cnc2nc(N)[nH]c(=O)c2n1)c1ccc(C(=O)N[C@@H](CCC(=O)O)C(=O)O)cc1. The van der Waals surface area contributed by atoms with E-state index in [1.807, 2.05) is 4.90 Å². The summed E-state index contributed by atoms with van der Waals surface area (Å²) in [6.07, 6.45) is 2.53. The molecule has 2 aromatic heterocycles. The van der Waals surface area contributed by atoms with Gasteiger partial charge in [0, 0.05) is 24.2 Å². The minimum Gasteiger partial charge on any atom is -0.481 e. The molecule has 1 aromatic carbocycles. The molecule has 0 aliphatic rings. The second kappa shape index (κ2) is 10.9. The van der Waals surface area contributed by atoms with Gasteiger partial charge in [0.15, 0.2) is 11.2 Å². The Morgan fingerprint density at radius 3 is 2.54 bits per heavy atom. The van der Waals surface area contributed by atoms with Crippen LogP contribution in [0.3, 0.4) is 0 Å². The molecule has 182 valence electrons. The van der Waals surface area contributed by atoms with Gasteiger partial charge in [-0.25, -0.2) is 14.8 Å². The van der Waals surface area contributed by atoms with Crippen LogP contribution in [0.5, 0.6) is 0 Å². The van der Waals surface area contributed by atoms with E-state index in [0.29, 0.717) is 17.9 Å². The lowest BCUT2D eigenvalue weighted by Gasteiger charge is -2.23. The second-order valence-electron chi connectivity index (χ2n) is 7.50. The van der Waals surface area contributed by atoms with E-state index in [9.17, 15) is 24.3 Å². The van der Waals surface area contributed by atoms with Crippen molar-refractivity contribution >= 4 is 40.6 Å². The van der Waals surface area contributed by atoms with E-state index < -0.39 is 29.4 Å². The summed E-state index contributed by atoms with van der Waals surface area (Å²) in [7, 11) is 0. The molecule has 3 aromatic rings. The number of rotatable bonds is 11. The maximum absolute atomic E-state index is 12.5. The molecule has 0 fully saturated rings. The molecule has 0 aliphatic carbocycles. The number of nitrogens with one attached hydrogen (secondary N) is 2. The highest BCUT2D eigenvalue weighted by Crippen LogP contribution is 2.18. The summed E-state index contributed by atoms with van der Waals surface area (Å²) < 4.78 is 0. The summed E-state index contributed by atoms with van der Waals surface area (Å²) in [5.41, 5.74) is 6.60. The molecule has 0 radical (unpaired) electrons. The van der Waals surface area contributed by atoms with Crippen LogP contribution in [0, 0.1) is 0 Å². The van der Waals surface area contributed by atoms with Crippen molar-refractivity contribution in [2.45, 2.75) is 25.4 Å². The summed E-state index contributed by atoms with van der Waals surface area (Å²) >= 11 is 0. The number of benzene rings is 1. The number of carboxylic acids is 2. The average molecular weight is 481 g/mol. The Hall–Kier alpha value is -4.81. The van der Waals surface area contributed by atoms with Gasteiger partial charge in [0.25, 0.3) is 11.5 Å². The standard InChI is InChI=1S/C22H23N7O6/c1-2-9-29(11-13-10-24-18-17(25-13)20(33)28-22(23)27-18)14-5-3-12(4-6-14)19(32)26-15(21(34)35)7-8-16(30)31/h2-6,10,15H,1,7-9,11H2,(H,26,32)(H,30,31)(H,34,35)(H3,23,24,27,28,33)/t15-/m0/s1. The molecule has 0 spiro atoms. The molecule has 0 saturated heterocycles. The third-order valence-corrected chi connectivity index (χ3v) is 4.93. The van der Waals surface area contributed by atoms with Crippen LogP contribution in [-0.4, -0.2) is 60.6 Å².